The van der Waals surface area contributed by atoms with Crippen LogP contribution in [0.1, 0.15) is 5.56 Å². The summed E-state index contributed by atoms with van der Waals surface area (Å²) in [5.74, 6) is 0. The topological polar surface area (TPSA) is 30.4 Å². The highest BCUT2D eigenvalue weighted by Gasteiger charge is 2.01. The smallest absolute Gasteiger partial charge is 0.191 e. The summed E-state index contributed by atoms with van der Waals surface area (Å²) in [5.41, 5.74) is 8.01. The number of hydrogen-bond acceptors (Lipinski definition) is 1. The van der Waals surface area contributed by atoms with Crippen LogP contribution in [0.2, 0.25) is 0 Å². The van der Waals surface area contributed by atoms with E-state index in [4.69, 9.17) is 12.3 Å². The predicted octanol–water partition coefficient (Wildman–Crippen LogP) is 2.73. The Kier molecular flexibility index (Phi) is 2.35. The van der Waals surface area contributed by atoms with Crippen molar-refractivity contribution in [3.8, 4) is 0 Å². The monoisotopic (exact) mass is 258 g/mol. The molecule has 1 rings (SSSR count). The number of nitrogens with two attached hydrogens (primary N) is 1. The van der Waals surface area contributed by atoms with Crippen LogP contribution in [0.15, 0.2) is 12.1 Å². The Bertz CT molecular complexity index is 326. The van der Waals surface area contributed by atoms with Gasteiger partial charge in [0.2, 0.25) is 0 Å². The van der Waals surface area contributed by atoms with Crippen molar-refractivity contribution in [3.05, 3.63) is 32.7 Å². The number of benzene rings is 1. The molecule has 1 aromatic carbocycles. The summed E-state index contributed by atoms with van der Waals surface area (Å²) in [7, 11) is 0. The van der Waals surface area contributed by atoms with Gasteiger partial charge in [-0.15, -0.1) is 0 Å². The fourth-order valence-corrected chi connectivity index (χ4v) is 1.26. The minimum Gasteiger partial charge on any atom is -0.398 e. The number of nitrogen functional groups attached to an aromatic ring is 1. The normalized spacial score (nSPS) is 9.18. The van der Waals surface area contributed by atoms with Gasteiger partial charge < -0.3 is 5.73 Å². The molecule has 0 aliphatic rings. The molecule has 0 heterocycles. The van der Waals surface area contributed by atoms with Crippen molar-refractivity contribution in [1.29, 1.82) is 0 Å². The van der Waals surface area contributed by atoms with Gasteiger partial charge in [-0.1, -0.05) is 0 Å². The van der Waals surface area contributed by atoms with Crippen molar-refractivity contribution < 1.29 is 0 Å². The zero-order chi connectivity index (χ0) is 8.43. The maximum absolute atomic E-state index is 6.83. The second-order valence-corrected chi connectivity index (χ2v) is 3.43. The van der Waals surface area contributed by atoms with E-state index in [-0.39, 0.29) is 0 Å². The molecule has 0 unspecified atom stereocenters. The molecule has 56 valence electrons. The van der Waals surface area contributed by atoms with Gasteiger partial charge in [0.05, 0.1) is 6.57 Å². The molecule has 0 amide bonds. The van der Waals surface area contributed by atoms with Gasteiger partial charge in [-0.25, -0.2) is 4.85 Å². The molecule has 0 saturated heterocycles. The summed E-state index contributed by atoms with van der Waals surface area (Å²) in [6.07, 6.45) is 0. The molecule has 0 atom stereocenters. The molecule has 0 bridgehead atoms. The zero-order valence-electron chi connectivity index (χ0n) is 6.06. The van der Waals surface area contributed by atoms with Crippen molar-refractivity contribution >= 4 is 34.0 Å². The molecule has 0 aromatic heterocycles. The lowest BCUT2D eigenvalue weighted by atomic mass is 10.2. The number of nitrogens with zero attached hydrogens (tertiary/aromatic N) is 1. The number of halogens is 1. The molecule has 0 fully saturated rings. The third-order valence-corrected chi connectivity index (χ3v) is 2.37. The summed E-state index contributed by atoms with van der Waals surface area (Å²) in [6.45, 7) is 8.72. The van der Waals surface area contributed by atoms with Crippen LogP contribution in [0.4, 0.5) is 11.4 Å². The molecule has 3 heteroatoms. The minimum atomic E-state index is 0.684. The van der Waals surface area contributed by atoms with Gasteiger partial charge in [0.15, 0.2) is 5.69 Å². The highest BCUT2D eigenvalue weighted by molar-refractivity contribution is 14.1. The fourth-order valence-electron chi connectivity index (χ4n) is 0.814. The van der Waals surface area contributed by atoms with E-state index in [0.29, 0.717) is 5.69 Å². The van der Waals surface area contributed by atoms with E-state index in [9.17, 15) is 0 Å². The lowest BCUT2D eigenvalue weighted by Gasteiger charge is -2.01. The van der Waals surface area contributed by atoms with E-state index in [2.05, 4.69) is 27.4 Å². The van der Waals surface area contributed by atoms with Crippen LogP contribution >= 0.6 is 22.6 Å². The number of anilines is 1. The molecule has 0 radical (unpaired) electrons. The molecular formula is C8H7IN2. The Hall–Kier alpha value is -0.760. The summed E-state index contributed by atoms with van der Waals surface area (Å²) < 4.78 is 0.944. The van der Waals surface area contributed by atoms with Gasteiger partial charge in [-0.05, 0) is 47.2 Å². The van der Waals surface area contributed by atoms with Gasteiger partial charge in [0, 0.05) is 9.26 Å². The van der Waals surface area contributed by atoms with E-state index in [1.54, 1.807) is 6.07 Å². The largest absolute Gasteiger partial charge is 0.398 e. The van der Waals surface area contributed by atoms with Crippen LogP contribution in [0, 0.1) is 17.1 Å². The quantitative estimate of drug-likeness (QED) is 0.433. The van der Waals surface area contributed by atoms with Crippen LogP contribution in [-0.4, -0.2) is 0 Å². The van der Waals surface area contributed by atoms with Crippen LogP contribution in [0.5, 0.6) is 0 Å². The molecule has 2 N–H and O–H groups in total. The third kappa shape index (κ3) is 1.63. The molecule has 1 aromatic rings. The first-order valence-corrected chi connectivity index (χ1v) is 4.16. The molecule has 0 aliphatic heterocycles. The lowest BCUT2D eigenvalue weighted by Crippen LogP contribution is -1.89. The van der Waals surface area contributed by atoms with E-state index in [1.165, 1.54) is 0 Å². The molecule has 2 nitrogen and oxygen atoms in total. The first kappa shape index (κ1) is 8.34. The Labute approximate surface area is 79.4 Å². The second-order valence-electron chi connectivity index (χ2n) is 2.27. The number of aryl methyl sites for hydroxylation is 1. The standard InChI is InChI=1S/C8H7IN2/c1-5-3-7(10)6(9)4-8(5)11-2/h3-4H,10H2,1H3. The second kappa shape index (κ2) is 3.09. The van der Waals surface area contributed by atoms with E-state index >= 15 is 0 Å². The highest BCUT2D eigenvalue weighted by atomic mass is 127. The summed E-state index contributed by atoms with van der Waals surface area (Å²) in [6, 6.07) is 3.63. The average Bonchev–Trinajstić information content (AvgIpc) is 1.97. The summed E-state index contributed by atoms with van der Waals surface area (Å²) in [4.78, 5) is 3.36. The van der Waals surface area contributed by atoms with Crippen LogP contribution in [0.3, 0.4) is 0 Å². The fraction of sp³-hybridized carbons (Fsp3) is 0.125. The highest BCUT2D eigenvalue weighted by Crippen LogP contribution is 2.25. The molecule has 0 saturated carbocycles. The van der Waals surface area contributed by atoms with E-state index in [1.807, 2.05) is 13.0 Å². The number of rotatable bonds is 0. The SMILES string of the molecule is [C-]#[N+]c1cc(I)c(N)cc1C. The van der Waals surface area contributed by atoms with Crippen molar-refractivity contribution in [1.82, 2.24) is 0 Å². The molecule has 0 spiro atoms. The van der Waals surface area contributed by atoms with Gasteiger partial charge in [-0.2, -0.15) is 0 Å². The van der Waals surface area contributed by atoms with Crippen molar-refractivity contribution in [3.63, 3.8) is 0 Å². The van der Waals surface area contributed by atoms with Crippen LogP contribution < -0.4 is 5.73 Å². The Balaban J connectivity index is 3.35. The molecule has 11 heavy (non-hydrogen) atoms. The summed E-state index contributed by atoms with van der Waals surface area (Å²) >= 11 is 2.12. The maximum atomic E-state index is 6.83. The van der Waals surface area contributed by atoms with E-state index in [0.717, 1.165) is 14.8 Å². The number of hydrogen-bond donors (Lipinski definition) is 1. The minimum absolute atomic E-state index is 0.684. The average molecular weight is 258 g/mol. The third-order valence-electron chi connectivity index (χ3n) is 1.44. The van der Waals surface area contributed by atoms with Crippen molar-refractivity contribution in [2.45, 2.75) is 6.92 Å². The van der Waals surface area contributed by atoms with Gasteiger partial charge >= 0.3 is 0 Å². The Morgan fingerprint density at radius 2 is 2.18 bits per heavy atom. The van der Waals surface area contributed by atoms with Gasteiger partial charge in [0.25, 0.3) is 0 Å². The van der Waals surface area contributed by atoms with Crippen LogP contribution in [-0.2, 0) is 0 Å². The lowest BCUT2D eigenvalue weighted by molar-refractivity contribution is 1.47. The Morgan fingerprint density at radius 3 is 2.73 bits per heavy atom. The maximum Gasteiger partial charge on any atom is 0.191 e. The molecular weight excluding hydrogens is 251 g/mol. The van der Waals surface area contributed by atoms with E-state index < -0.39 is 0 Å². The molecule has 0 aliphatic carbocycles. The van der Waals surface area contributed by atoms with Gasteiger partial charge in [-0.3, -0.25) is 0 Å². The van der Waals surface area contributed by atoms with Crippen LogP contribution in [0.25, 0.3) is 4.85 Å². The Morgan fingerprint density at radius 1 is 1.55 bits per heavy atom. The first-order chi connectivity index (χ1) is 5.15. The van der Waals surface area contributed by atoms with Crippen molar-refractivity contribution in [2.24, 2.45) is 0 Å². The zero-order valence-corrected chi connectivity index (χ0v) is 8.21. The summed E-state index contributed by atoms with van der Waals surface area (Å²) in [5, 5.41) is 0. The predicted molar refractivity (Wildman–Crippen MR) is 54.6 cm³/mol. The van der Waals surface area contributed by atoms with Gasteiger partial charge in [0.1, 0.15) is 0 Å². The van der Waals surface area contributed by atoms with Crippen molar-refractivity contribution in [2.75, 3.05) is 5.73 Å². The first-order valence-electron chi connectivity index (χ1n) is 3.08.